The second kappa shape index (κ2) is 4.65. The Bertz CT molecular complexity index is 625. The topological polar surface area (TPSA) is 40.6 Å². The van der Waals surface area contributed by atoms with Crippen LogP contribution in [0.3, 0.4) is 0 Å². The van der Waals surface area contributed by atoms with Crippen molar-refractivity contribution in [3.63, 3.8) is 0 Å². The van der Waals surface area contributed by atoms with Crippen LogP contribution in [0.5, 0.6) is 0 Å². The zero-order chi connectivity index (χ0) is 14.3. The molecule has 1 aromatic carbocycles. The molecule has 3 rings (SSSR count). The van der Waals surface area contributed by atoms with Crippen LogP contribution in [0.15, 0.2) is 54.8 Å². The molecule has 2 aliphatic heterocycles. The molecule has 102 valence electrons. The van der Waals surface area contributed by atoms with Crippen molar-refractivity contribution in [2.45, 2.75) is 10.4 Å². The highest BCUT2D eigenvalue weighted by atomic mass is 35.5. The fourth-order valence-electron chi connectivity index (χ4n) is 2.18. The highest BCUT2D eigenvalue weighted by Crippen LogP contribution is 2.43. The highest BCUT2D eigenvalue weighted by Gasteiger charge is 2.61. The van der Waals surface area contributed by atoms with Gasteiger partial charge in [-0.1, -0.05) is 53.6 Å². The third-order valence-electron chi connectivity index (χ3n) is 3.22. The fraction of sp³-hybridized carbons (Fsp3) is 0.143. The highest BCUT2D eigenvalue weighted by molar-refractivity contribution is 6.60. The Morgan fingerprint density at radius 3 is 2.55 bits per heavy atom. The van der Waals surface area contributed by atoms with E-state index in [0.29, 0.717) is 5.56 Å². The number of amides is 2. The maximum Gasteiger partial charge on any atom is 0.281 e. The van der Waals surface area contributed by atoms with Gasteiger partial charge in [0.15, 0.2) is 0 Å². The smallest absolute Gasteiger partial charge is 0.269 e. The number of allylic oxidation sites excluding steroid dienone is 2. The first-order valence-corrected chi connectivity index (χ1v) is 6.74. The Balaban J connectivity index is 1.94. The van der Waals surface area contributed by atoms with Gasteiger partial charge in [0, 0.05) is 11.8 Å². The number of fused-ring (bicyclic) bond motifs is 1. The maximum absolute atomic E-state index is 12.5. The molecule has 0 aliphatic carbocycles. The SMILES string of the molecule is O=C(c1ccccc1)N1C=CC=CC2N1C(=O)C2(Cl)Cl. The van der Waals surface area contributed by atoms with Gasteiger partial charge in [-0.25, -0.2) is 10.0 Å². The molecular formula is C14H10Cl2N2O2. The Hall–Kier alpha value is -1.78. The Labute approximate surface area is 125 Å². The van der Waals surface area contributed by atoms with E-state index in [1.54, 1.807) is 42.5 Å². The van der Waals surface area contributed by atoms with Crippen LogP contribution in [-0.4, -0.2) is 32.2 Å². The summed E-state index contributed by atoms with van der Waals surface area (Å²) >= 11 is 11.9. The summed E-state index contributed by atoms with van der Waals surface area (Å²) in [5.41, 5.74) is 0.479. The van der Waals surface area contributed by atoms with Crippen LogP contribution in [-0.2, 0) is 4.79 Å². The lowest BCUT2D eigenvalue weighted by molar-refractivity contribution is -0.161. The number of benzene rings is 1. The zero-order valence-electron chi connectivity index (χ0n) is 10.2. The molecule has 1 saturated heterocycles. The predicted molar refractivity (Wildman–Crippen MR) is 76.0 cm³/mol. The summed E-state index contributed by atoms with van der Waals surface area (Å²) in [7, 11) is 0. The number of halogens is 2. The molecule has 1 aromatic rings. The summed E-state index contributed by atoms with van der Waals surface area (Å²) in [6, 6.07) is 8.15. The van der Waals surface area contributed by atoms with Gasteiger partial charge in [0.25, 0.3) is 11.8 Å². The normalized spacial score (nSPS) is 23.1. The van der Waals surface area contributed by atoms with E-state index < -0.39 is 16.3 Å². The van der Waals surface area contributed by atoms with Gasteiger partial charge in [0.1, 0.15) is 6.04 Å². The van der Waals surface area contributed by atoms with E-state index in [-0.39, 0.29) is 5.91 Å². The van der Waals surface area contributed by atoms with Crippen molar-refractivity contribution in [1.82, 2.24) is 10.0 Å². The van der Waals surface area contributed by atoms with E-state index in [0.717, 1.165) is 0 Å². The van der Waals surface area contributed by atoms with Crippen LogP contribution in [0, 0.1) is 0 Å². The number of carbonyl (C=O) groups is 2. The number of hydrogen-bond acceptors (Lipinski definition) is 2. The number of rotatable bonds is 1. The molecule has 0 spiro atoms. The molecule has 1 fully saturated rings. The van der Waals surface area contributed by atoms with Crippen molar-refractivity contribution in [3.8, 4) is 0 Å². The first-order chi connectivity index (χ1) is 9.53. The molecule has 6 heteroatoms. The average Bonchev–Trinajstić information content (AvgIpc) is 2.68. The largest absolute Gasteiger partial charge is 0.281 e. The summed E-state index contributed by atoms with van der Waals surface area (Å²) in [5.74, 6) is -0.820. The monoisotopic (exact) mass is 308 g/mol. The van der Waals surface area contributed by atoms with E-state index in [2.05, 4.69) is 0 Å². The second-order valence-corrected chi connectivity index (χ2v) is 5.85. The lowest BCUT2D eigenvalue weighted by Gasteiger charge is -2.50. The van der Waals surface area contributed by atoms with Gasteiger partial charge in [-0.2, -0.15) is 0 Å². The number of carbonyl (C=O) groups excluding carboxylic acids is 2. The van der Waals surface area contributed by atoms with Gasteiger partial charge in [-0.3, -0.25) is 9.59 Å². The summed E-state index contributed by atoms with van der Waals surface area (Å²) in [5, 5.41) is 2.50. The lowest BCUT2D eigenvalue weighted by Crippen LogP contribution is -2.72. The Kier molecular flexibility index (Phi) is 3.07. The third kappa shape index (κ3) is 1.84. The minimum atomic E-state index is -1.52. The zero-order valence-corrected chi connectivity index (χ0v) is 11.8. The minimum absolute atomic E-state index is 0.312. The van der Waals surface area contributed by atoms with E-state index in [4.69, 9.17) is 23.2 Å². The Morgan fingerprint density at radius 2 is 1.85 bits per heavy atom. The number of hydrazine groups is 1. The van der Waals surface area contributed by atoms with Gasteiger partial charge in [0.2, 0.25) is 4.33 Å². The third-order valence-corrected chi connectivity index (χ3v) is 3.99. The molecule has 1 unspecified atom stereocenters. The summed E-state index contributed by atoms with van der Waals surface area (Å²) < 4.78 is -1.52. The summed E-state index contributed by atoms with van der Waals surface area (Å²) in [6.45, 7) is 0. The molecule has 2 amide bonds. The molecule has 0 radical (unpaired) electrons. The maximum atomic E-state index is 12.5. The van der Waals surface area contributed by atoms with Crippen molar-refractivity contribution >= 4 is 35.0 Å². The summed E-state index contributed by atoms with van der Waals surface area (Å²) in [6.07, 6.45) is 6.58. The van der Waals surface area contributed by atoms with Crippen molar-refractivity contribution in [2.75, 3.05) is 0 Å². The molecule has 20 heavy (non-hydrogen) atoms. The molecular weight excluding hydrogens is 299 g/mol. The minimum Gasteiger partial charge on any atom is -0.269 e. The summed E-state index contributed by atoms with van der Waals surface area (Å²) in [4.78, 5) is 24.5. The average molecular weight is 309 g/mol. The first-order valence-electron chi connectivity index (χ1n) is 5.98. The number of hydrogen-bond donors (Lipinski definition) is 0. The fourth-order valence-corrected chi connectivity index (χ4v) is 2.68. The standard InChI is InChI=1S/C14H10Cl2N2O2/c15-14(16)11-8-4-5-9-17(18(11)13(14)20)12(19)10-6-2-1-3-7-10/h1-9,11H. The van der Waals surface area contributed by atoms with E-state index in [9.17, 15) is 9.59 Å². The lowest BCUT2D eigenvalue weighted by atomic mass is 10.0. The van der Waals surface area contributed by atoms with E-state index >= 15 is 0 Å². The number of alkyl halides is 2. The number of nitrogens with zero attached hydrogens (tertiary/aromatic N) is 2. The van der Waals surface area contributed by atoms with Gasteiger partial charge in [0.05, 0.1) is 0 Å². The van der Waals surface area contributed by atoms with E-state index in [1.165, 1.54) is 16.2 Å². The molecule has 2 aliphatic rings. The molecule has 2 heterocycles. The quantitative estimate of drug-likeness (QED) is 0.591. The van der Waals surface area contributed by atoms with Crippen molar-refractivity contribution in [3.05, 3.63) is 60.3 Å². The molecule has 1 atom stereocenters. The predicted octanol–water partition coefficient (Wildman–Crippen LogP) is 2.51. The van der Waals surface area contributed by atoms with Gasteiger partial charge in [-0.15, -0.1) is 0 Å². The number of β-lactam (4-membered cyclic amide) rings is 1. The molecule has 4 nitrogen and oxygen atoms in total. The molecule has 0 N–H and O–H groups in total. The van der Waals surface area contributed by atoms with Gasteiger partial charge >= 0.3 is 0 Å². The molecule has 0 aromatic heterocycles. The van der Waals surface area contributed by atoms with Crippen LogP contribution < -0.4 is 0 Å². The van der Waals surface area contributed by atoms with Crippen molar-refractivity contribution in [1.29, 1.82) is 0 Å². The van der Waals surface area contributed by atoms with Crippen LogP contribution in [0.4, 0.5) is 0 Å². The molecule has 0 saturated carbocycles. The molecule has 0 bridgehead atoms. The van der Waals surface area contributed by atoms with Crippen LogP contribution in [0.1, 0.15) is 10.4 Å². The van der Waals surface area contributed by atoms with E-state index in [1.807, 2.05) is 6.07 Å². The first kappa shape index (κ1) is 13.2. The van der Waals surface area contributed by atoms with Crippen LogP contribution in [0.2, 0.25) is 0 Å². The van der Waals surface area contributed by atoms with Crippen molar-refractivity contribution in [2.24, 2.45) is 0 Å². The van der Waals surface area contributed by atoms with Gasteiger partial charge < -0.3 is 0 Å². The van der Waals surface area contributed by atoms with Crippen molar-refractivity contribution < 1.29 is 9.59 Å². The van der Waals surface area contributed by atoms with Crippen LogP contribution in [0.25, 0.3) is 0 Å². The van der Waals surface area contributed by atoms with Gasteiger partial charge in [-0.05, 0) is 18.2 Å². The Morgan fingerprint density at radius 1 is 1.15 bits per heavy atom. The second-order valence-electron chi connectivity index (χ2n) is 4.46. The van der Waals surface area contributed by atoms with Crippen LogP contribution >= 0.6 is 23.2 Å².